The molecule has 0 aliphatic heterocycles. The molecule has 0 saturated carbocycles. The van der Waals surface area contributed by atoms with E-state index in [2.05, 4.69) is 10.3 Å². The average molecular weight is 442 g/mol. The van der Waals surface area contributed by atoms with E-state index in [1.165, 1.54) is 35.6 Å². The Hall–Kier alpha value is -4.12. The van der Waals surface area contributed by atoms with Gasteiger partial charge in [0.15, 0.2) is 22.9 Å². The zero-order chi connectivity index (χ0) is 22.5. The van der Waals surface area contributed by atoms with Crippen molar-refractivity contribution in [3.8, 4) is 39.3 Å². The molecule has 3 aromatic carbocycles. The number of aromatic nitrogens is 1. The summed E-state index contributed by atoms with van der Waals surface area (Å²) >= 11 is 1.38. The molecule has 4 aromatic rings. The number of aliphatic hydroxyl groups is 1. The second kappa shape index (κ2) is 9.35. The van der Waals surface area contributed by atoms with Gasteiger partial charge in [-0.1, -0.05) is 78.1 Å². The number of benzene rings is 3. The smallest absolute Gasteiger partial charge is 0.186 e. The Kier molecular flexibility index (Phi) is 6.17. The Morgan fingerprint density at radius 2 is 1.59 bits per heavy atom. The van der Waals surface area contributed by atoms with E-state index in [9.17, 15) is 20.6 Å². The lowest BCUT2D eigenvalue weighted by Gasteiger charge is -2.11. The minimum absolute atomic E-state index is 0.0350. The number of rotatable bonds is 6. The van der Waals surface area contributed by atoms with Crippen LogP contribution in [0.2, 0.25) is 0 Å². The van der Waals surface area contributed by atoms with Gasteiger partial charge in [-0.25, -0.2) is 4.98 Å². The van der Waals surface area contributed by atoms with Crippen molar-refractivity contribution in [1.29, 1.82) is 5.26 Å². The van der Waals surface area contributed by atoms with E-state index < -0.39 is 6.23 Å². The first-order chi connectivity index (χ1) is 15.5. The number of phenolic OH excluding ortho intramolecular Hbond substituents is 2. The van der Waals surface area contributed by atoms with Gasteiger partial charge in [0.1, 0.15) is 0 Å². The Morgan fingerprint density at radius 1 is 0.938 bits per heavy atom. The summed E-state index contributed by atoms with van der Waals surface area (Å²) in [5.74, 6) is -0.567. The van der Waals surface area contributed by atoms with Crippen LogP contribution in [0.3, 0.4) is 0 Å². The Balaban J connectivity index is 1.66. The van der Waals surface area contributed by atoms with Crippen LogP contribution < -0.4 is 5.32 Å². The lowest BCUT2D eigenvalue weighted by Crippen LogP contribution is -2.20. The number of thiazole rings is 1. The molecule has 1 unspecified atom stereocenters. The first kappa shape index (κ1) is 21.1. The van der Waals surface area contributed by atoms with E-state index in [4.69, 9.17) is 0 Å². The highest BCUT2D eigenvalue weighted by molar-refractivity contribution is 7.19. The Bertz CT molecular complexity index is 1240. The van der Waals surface area contributed by atoms with Gasteiger partial charge in [-0.3, -0.25) is 0 Å². The second-order valence-corrected chi connectivity index (χ2v) is 7.93. The predicted molar refractivity (Wildman–Crippen MR) is 126 cm³/mol. The number of nitrogens with zero attached hydrogens (tertiary/aromatic N) is 2. The van der Waals surface area contributed by atoms with E-state index in [1.54, 1.807) is 0 Å². The normalized spacial score (nSPS) is 12.2. The average Bonchev–Trinajstić information content (AvgIpc) is 3.24. The third-order valence-electron chi connectivity index (χ3n) is 4.72. The van der Waals surface area contributed by atoms with Crippen LogP contribution in [0, 0.1) is 11.3 Å². The van der Waals surface area contributed by atoms with E-state index in [0.29, 0.717) is 10.7 Å². The lowest BCUT2D eigenvalue weighted by molar-refractivity contribution is 0.245. The maximum atomic E-state index is 10.6. The number of aliphatic hydroxyl groups excluding tert-OH is 1. The molecule has 1 heterocycles. The van der Waals surface area contributed by atoms with Crippen molar-refractivity contribution >= 4 is 22.5 Å². The number of hydrogen-bond acceptors (Lipinski definition) is 7. The van der Waals surface area contributed by atoms with Crippen LogP contribution in [0.15, 0.2) is 84.4 Å². The van der Waals surface area contributed by atoms with Gasteiger partial charge in [-0.05, 0) is 29.3 Å². The maximum absolute atomic E-state index is 10.6. The van der Waals surface area contributed by atoms with Gasteiger partial charge in [0.25, 0.3) is 0 Å². The fourth-order valence-corrected chi connectivity index (χ4v) is 4.15. The fraction of sp³-hybridized carbons (Fsp3) is 0.0400. The molecule has 0 radical (unpaired) electrons. The summed E-state index contributed by atoms with van der Waals surface area (Å²) in [4.78, 5) is 5.63. The molecule has 1 atom stereocenters. The molecule has 0 fully saturated rings. The van der Waals surface area contributed by atoms with Crippen LogP contribution in [0.4, 0.5) is 5.13 Å². The molecule has 158 valence electrons. The first-order valence-corrected chi connectivity index (χ1v) is 10.6. The van der Waals surface area contributed by atoms with Gasteiger partial charge in [0, 0.05) is 5.56 Å². The monoisotopic (exact) mass is 441 g/mol. The molecule has 6 nitrogen and oxygen atoms in total. The highest BCUT2D eigenvalue weighted by Gasteiger charge is 2.18. The van der Waals surface area contributed by atoms with Crippen molar-refractivity contribution < 1.29 is 15.3 Å². The van der Waals surface area contributed by atoms with Crippen molar-refractivity contribution in [3.05, 3.63) is 90.0 Å². The molecule has 0 aliphatic carbocycles. The Labute approximate surface area is 189 Å². The number of hydrogen-bond donors (Lipinski definition) is 4. The summed E-state index contributed by atoms with van der Waals surface area (Å²) in [6.45, 7) is 0. The van der Waals surface area contributed by atoms with Crippen molar-refractivity contribution in [3.63, 3.8) is 0 Å². The molecule has 0 aliphatic rings. The number of nitriles is 1. The lowest BCUT2D eigenvalue weighted by atomic mass is 10.1. The molecule has 0 bridgehead atoms. The Morgan fingerprint density at radius 3 is 2.22 bits per heavy atom. The third-order valence-corrected chi connectivity index (χ3v) is 5.75. The van der Waals surface area contributed by atoms with Gasteiger partial charge in [0.05, 0.1) is 22.2 Å². The van der Waals surface area contributed by atoms with Crippen molar-refractivity contribution in [2.45, 2.75) is 6.23 Å². The minimum atomic E-state index is -1.31. The van der Waals surface area contributed by atoms with Crippen LogP contribution in [0.5, 0.6) is 11.5 Å². The second-order valence-electron chi connectivity index (χ2n) is 6.94. The van der Waals surface area contributed by atoms with Crippen LogP contribution in [0.25, 0.3) is 27.8 Å². The molecule has 4 N–H and O–H groups in total. The zero-order valence-corrected chi connectivity index (χ0v) is 17.6. The molecule has 4 rings (SSSR count). The highest BCUT2D eigenvalue weighted by atomic mass is 32.1. The van der Waals surface area contributed by atoms with E-state index in [0.717, 1.165) is 21.7 Å². The molecule has 0 saturated heterocycles. The molecule has 7 heteroatoms. The van der Waals surface area contributed by atoms with E-state index in [-0.39, 0.29) is 17.1 Å². The molecule has 0 amide bonds. The van der Waals surface area contributed by atoms with Crippen LogP contribution in [-0.4, -0.2) is 26.5 Å². The van der Waals surface area contributed by atoms with Crippen molar-refractivity contribution in [2.75, 3.05) is 5.32 Å². The van der Waals surface area contributed by atoms with Crippen LogP contribution >= 0.6 is 11.3 Å². The zero-order valence-electron chi connectivity index (χ0n) is 16.8. The fourth-order valence-electron chi connectivity index (χ4n) is 3.14. The largest absolute Gasteiger partial charge is 0.504 e. The number of anilines is 1. The molecule has 0 spiro atoms. The molecule has 32 heavy (non-hydrogen) atoms. The van der Waals surface area contributed by atoms with Gasteiger partial charge in [0.2, 0.25) is 0 Å². The molecular weight excluding hydrogens is 422 g/mol. The van der Waals surface area contributed by atoms with Gasteiger partial charge >= 0.3 is 0 Å². The summed E-state index contributed by atoms with van der Waals surface area (Å²) in [7, 11) is 0. The van der Waals surface area contributed by atoms with Crippen LogP contribution in [0.1, 0.15) is 5.56 Å². The van der Waals surface area contributed by atoms with Gasteiger partial charge in [-0.15, -0.1) is 0 Å². The van der Waals surface area contributed by atoms with E-state index >= 15 is 0 Å². The maximum Gasteiger partial charge on any atom is 0.186 e. The number of nitrogens with one attached hydrogen (secondary N) is 1. The standard InChI is InChI=1S/C25H19N3O3S/c26-15-19(13-16-11-12-20(29)21(30)14-16)24(31)28-25-27-22(17-7-3-1-4-8-17)23(32-25)18-9-5-2-6-10-18/h1-14,24,29-31H,(H,27,28)/b19-13+. The molecule has 1 aromatic heterocycles. The molecular formula is C25H19N3O3S. The minimum Gasteiger partial charge on any atom is -0.504 e. The topological polar surface area (TPSA) is 109 Å². The number of phenols is 2. The SMILES string of the molecule is N#C/C(=C\c1ccc(O)c(O)c1)C(O)Nc1nc(-c2ccccc2)c(-c2ccccc2)s1. The predicted octanol–water partition coefficient (Wildman–Crippen LogP) is 5.23. The summed E-state index contributed by atoms with van der Waals surface area (Å²) in [6.07, 6.45) is 0.120. The summed E-state index contributed by atoms with van der Waals surface area (Å²) < 4.78 is 0. The summed E-state index contributed by atoms with van der Waals surface area (Å²) in [5, 5.41) is 42.6. The van der Waals surface area contributed by atoms with Crippen LogP contribution in [-0.2, 0) is 0 Å². The summed E-state index contributed by atoms with van der Waals surface area (Å²) in [5.41, 5.74) is 3.23. The van der Waals surface area contributed by atoms with Crippen molar-refractivity contribution in [1.82, 2.24) is 4.98 Å². The first-order valence-electron chi connectivity index (χ1n) is 9.75. The van der Waals surface area contributed by atoms with E-state index in [1.807, 2.05) is 66.7 Å². The summed E-state index contributed by atoms with van der Waals surface area (Å²) in [6, 6.07) is 25.7. The van der Waals surface area contributed by atoms with Crippen molar-refractivity contribution in [2.24, 2.45) is 0 Å². The highest BCUT2D eigenvalue weighted by Crippen LogP contribution is 2.39. The number of aromatic hydroxyl groups is 2. The quantitative estimate of drug-likeness (QED) is 0.185. The van der Waals surface area contributed by atoms with Gasteiger partial charge in [-0.2, -0.15) is 5.26 Å². The van der Waals surface area contributed by atoms with Gasteiger partial charge < -0.3 is 20.6 Å². The third kappa shape index (κ3) is 4.62.